The number of furan rings is 1. The third-order valence-electron chi connectivity index (χ3n) is 6.49. The second-order valence-electron chi connectivity index (χ2n) is 10.3. The molecule has 0 aliphatic carbocycles. The highest BCUT2D eigenvalue weighted by atomic mass is 16.3. The molecule has 3 nitrogen and oxygen atoms in total. The van der Waals surface area contributed by atoms with Crippen molar-refractivity contribution in [2.75, 3.05) is 0 Å². The number of hydrogen-bond acceptors (Lipinski definition) is 3. The molecule has 0 unspecified atom stereocenters. The Kier molecular flexibility index (Phi) is 3.60. The maximum atomic E-state index is 6.65. The molecule has 0 amide bonds. The van der Waals surface area contributed by atoms with Gasteiger partial charge in [-0.1, -0.05) is 63.2 Å². The highest BCUT2D eigenvalue weighted by Gasteiger charge is 2.21. The second-order valence-corrected chi connectivity index (χ2v) is 10.3. The Morgan fingerprint density at radius 1 is 0.697 bits per heavy atom. The van der Waals surface area contributed by atoms with Gasteiger partial charge in [0.2, 0.25) is 0 Å². The molecule has 0 atom stereocenters. The average molecular weight is 430 g/mol. The lowest BCUT2D eigenvalue weighted by Gasteiger charge is -2.17. The summed E-state index contributed by atoms with van der Waals surface area (Å²) in [6.07, 6.45) is 0.937. The van der Waals surface area contributed by atoms with Crippen molar-refractivity contribution in [3.63, 3.8) is 0 Å². The van der Waals surface area contributed by atoms with Gasteiger partial charge >= 0.3 is 0 Å². The minimum absolute atomic E-state index is 0.157. The van der Waals surface area contributed by atoms with Crippen LogP contribution in [0.1, 0.15) is 26.3 Å². The summed E-state index contributed by atoms with van der Waals surface area (Å²) in [5.74, 6) is 0. The third-order valence-corrected chi connectivity index (χ3v) is 6.49. The molecule has 3 aromatic heterocycles. The highest BCUT2D eigenvalue weighted by molar-refractivity contribution is 6.30. The summed E-state index contributed by atoms with van der Waals surface area (Å²) in [6, 6.07) is 25.3. The van der Waals surface area contributed by atoms with Crippen molar-refractivity contribution in [2.24, 2.45) is 5.41 Å². The Balaban J connectivity index is 1.77. The maximum Gasteiger partial charge on any atom is 0.154 e. The Morgan fingerprint density at radius 2 is 1.42 bits per heavy atom. The number of pyridine rings is 1. The summed E-state index contributed by atoms with van der Waals surface area (Å²) in [6.45, 7) is 6.77. The fourth-order valence-electron chi connectivity index (χ4n) is 5.22. The average Bonchev–Trinajstić information content (AvgIpc) is 3.11. The molecule has 7 aromatic rings. The van der Waals surface area contributed by atoms with E-state index in [-0.39, 0.29) is 5.41 Å². The molecular weight excluding hydrogens is 406 g/mol. The summed E-state index contributed by atoms with van der Waals surface area (Å²) in [5.41, 5.74) is 6.60. The second kappa shape index (κ2) is 6.35. The number of hydrogen-bond donors (Lipinski definition) is 0. The Labute approximate surface area is 190 Å². The standard InChI is InChI=1S/C30H23NO2/c1-30(2,3)16-17-12-23-27-24(13-17)33-29-20-10-6-4-8-18(20)14-21(26(27)29)28-25(32-23)15-19-9-5-7-11-22(19)31-28/h4-15H,16H2,1-3H3. The van der Waals surface area contributed by atoms with Gasteiger partial charge in [-0.15, -0.1) is 0 Å². The Bertz CT molecular complexity index is 1880. The van der Waals surface area contributed by atoms with Crippen LogP contribution in [0.3, 0.4) is 0 Å². The van der Waals surface area contributed by atoms with Gasteiger partial charge in [-0.25, -0.2) is 4.98 Å². The summed E-state index contributed by atoms with van der Waals surface area (Å²) < 4.78 is 13.2. The fourth-order valence-corrected chi connectivity index (χ4v) is 5.22. The van der Waals surface area contributed by atoms with Crippen LogP contribution in [0.2, 0.25) is 0 Å². The minimum Gasteiger partial charge on any atom is -0.455 e. The lowest BCUT2D eigenvalue weighted by Crippen LogP contribution is -2.08. The fraction of sp³-hybridized carbons (Fsp3) is 0.167. The molecule has 0 saturated heterocycles. The molecule has 160 valence electrons. The molecule has 7 rings (SSSR count). The number of benzene rings is 4. The van der Waals surface area contributed by atoms with Crippen LogP contribution in [0.4, 0.5) is 0 Å². The number of aromatic nitrogens is 1. The summed E-state index contributed by atoms with van der Waals surface area (Å²) in [4.78, 5) is 5.07. The quantitative estimate of drug-likeness (QED) is 0.262. The Morgan fingerprint density at radius 3 is 2.24 bits per heavy atom. The molecule has 4 aromatic carbocycles. The van der Waals surface area contributed by atoms with Gasteiger partial charge in [0.05, 0.1) is 10.9 Å². The van der Waals surface area contributed by atoms with Gasteiger partial charge in [-0.3, -0.25) is 0 Å². The van der Waals surface area contributed by atoms with Crippen molar-refractivity contribution in [3.05, 3.63) is 78.4 Å². The molecule has 0 fully saturated rings. The molecule has 0 radical (unpaired) electrons. The molecule has 0 bridgehead atoms. The van der Waals surface area contributed by atoms with Crippen LogP contribution < -0.4 is 0 Å². The summed E-state index contributed by atoms with van der Waals surface area (Å²) in [5, 5.41) is 6.50. The number of para-hydroxylation sites is 1. The normalized spacial score (nSPS) is 12.8. The molecular formula is C30H23NO2. The van der Waals surface area contributed by atoms with E-state index in [0.29, 0.717) is 0 Å². The first-order valence-corrected chi connectivity index (χ1v) is 11.4. The first kappa shape index (κ1) is 18.7. The molecule has 3 heterocycles. The molecule has 0 N–H and O–H groups in total. The lowest BCUT2D eigenvalue weighted by atomic mass is 9.88. The van der Waals surface area contributed by atoms with Gasteiger partial charge in [-0.2, -0.15) is 0 Å². The third kappa shape index (κ3) is 2.78. The van der Waals surface area contributed by atoms with Crippen LogP contribution in [-0.4, -0.2) is 4.98 Å². The summed E-state index contributed by atoms with van der Waals surface area (Å²) in [7, 11) is 0. The molecule has 3 heteroatoms. The van der Waals surface area contributed by atoms with Crippen molar-refractivity contribution in [1.82, 2.24) is 4.98 Å². The zero-order valence-electron chi connectivity index (χ0n) is 18.9. The van der Waals surface area contributed by atoms with E-state index in [0.717, 1.165) is 72.1 Å². The molecule has 0 saturated carbocycles. The van der Waals surface area contributed by atoms with Crippen molar-refractivity contribution >= 4 is 65.7 Å². The van der Waals surface area contributed by atoms with Crippen molar-refractivity contribution in [3.8, 4) is 0 Å². The highest BCUT2D eigenvalue weighted by Crippen LogP contribution is 2.43. The minimum atomic E-state index is 0.157. The van der Waals surface area contributed by atoms with Crippen LogP contribution >= 0.6 is 0 Å². The number of rotatable bonds is 1. The number of nitrogens with zero attached hydrogens (tertiary/aromatic N) is 1. The van der Waals surface area contributed by atoms with E-state index in [1.165, 1.54) is 5.56 Å². The first-order chi connectivity index (χ1) is 15.9. The zero-order valence-corrected chi connectivity index (χ0v) is 18.9. The van der Waals surface area contributed by atoms with Gasteiger partial charge in [0.1, 0.15) is 22.3 Å². The summed E-state index contributed by atoms with van der Waals surface area (Å²) >= 11 is 0. The van der Waals surface area contributed by atoms with Gasteiger partial charge in [0.25, 0.3) is 0 Å². The first-order valence-electron chi connectivity index (χ1n) is 11.4. The van der Waals surface area contributed by atoms with E-state index in [9.17, 15) is 0 Å². The van der Waals surface area contributed by atoms with Crippen LogP contribution in [0.5, 0.6) is 0 Å². The largest absolute Gasteiger partial charge is 0.455 e. The molecule has 0 aliphatic heterocycles. The van der Waals surface area contributed by atoms with E-state index >= 15 is 0 Å². The van der Waals surface area contributed by atoms with Crippen LogP contribution in [0.15, 0.2) is 81.6 Å². The monoisotopic (exact) mass is 429 g/mol. The zero-order chi connectivity index (χ0) is 22.3. The van der Waals surface area contributed by atoms with Crippen LogP contribution in [-0.2, 0) is 6.42 Å². The van der Waals surface area contributed by atoms with Crippen molar-refractivity contribution in [1.29, 1.82) is 0 Å². The van der Waals surface area contributed by atoms with E-state index in [2.05, 4.69) is 81.4 Å². The van der Waals surface area contributed by atoms with Gasteiger partial charge < -0.3 is 8.83 Å². The van der Waals surface area contributed by atoms with Gasteiger partial charge in [0, 0.05) is 21.5 Å². The van der Waals surface area contributed by atoms with E-state index in [1.54, 1.807) is 0 Å². The van der Waals surface area contributed by atoms with E-state index in [1.807, 2.05) is 12.1 Å². The van der Waals surface area contributed by atoms with Crippen LogP contribution in [0, 0.1) is 5.41 Å². The predicted molar refractivity (Wildman–Crippen MR) is 137 cm³/mol. The van der Waals surface area contributed by atoms with Crippen LogP contribution in [0.25, 0.3) is 65.7 Å². The topological polar surface area (TPSA) is 39.2 Å². The lowest BCUT2D eigenvalue weighted by molar-refractivity contribution is 0.411. The molecule has 33 heavy (non-hydrogen) atoms. The van der Waals surface area contributed by atoms with Crippen molar-refractivity contribution in [2.45, 2.75) is 27.2 Å². The van der Waals surface area contributed by atoms with Crippen molar-refractivity contribution < 1.29 is 8.83 Å². The van der Waals surface area contributed by atoms with E-state index in [4.69, 9.17) is 13.8 Å². The smallest absolute Gasteiger partial charge is 0.154 e. The van der Waals surface area contributed by atoms with Gasteiger partial charge in [0.15, 0.2) is 5.58 Å². The number of fused-ring (bicyclic) bond motifs is 5. The van der Waals surface area contributed by atoms with E-state index < -0.39 is 0 Å². The van der Waals surface area contributed by atoms with Gasteiger partial charge in [-0.05, 0) is 53.1 Å². The SMILES string of the molecule is CC(C)(C)Cc1cc2oc3cc4ccccc4nc3c3cc4ccccc4c4oc(c1)c2c34. The maximum absolute atomic E-state index is 6.65. The molecule has 0 aliphatic rings. The predicted octanol–water partition coefficient (Wildman–Crippen LogP) is 8.78. The Hall–Kier alpha value is -3.85. The molecule has 0 spiro atoms.